The van der Waals surface area contributed by atoms with Crippen LogP contribution in [0.3, 0.4) is 0 Å². The van der Waals surface area contributed by atoms with Crippen LogP contribution in [0.15, 0.2) is 48.8 Å². The molecule has 4 aromatic rings. The summed E-state index contributed by atoms with van der Waals surface area (Å²) in [5, 5.41) is 16.5. The lowest BCUT2D eigenvalue weighted by molar-refractivity contribution is 0.311. The maximum absolute atomic E-state index is 9.07. The van der Waals surface area contributed by atoms with E-state index >= 15 is 0 Å². The molecule has 0 aliphatic heterocycles. The zero-order chi connectivity index (χ0) is 18.6. The number of nitrogens with zero attached hydrogens (tertiary/aromatic N) is 4. The number of rotatable bonds is 6. The number of thiazole rings is 1. The van der Waals surface area contributed by atoms with Crippen LogP contribution in [-0.2, 0) is 0 Å². The number of aliphatic hydroxyl groups is 1. The highest BCUT2D eigenvalue weighted by Crippen LogP contribution is 2.27. The fourth-order valence-electron chi connectivity index (χ4n) is 2.70. The minimum atomic E-state index is 0.00541. The molecular weight excluding hydrogens is 360 g/mol. The van der Waals surface area contributed by atoms with Gasteiger partial charge in [0, 0.05) is 36.3 Å². The molecule has 3 aromatic heterocycles. The molecule has 0 amide bonds. The Morgan fingerprint density at radius 1 is 1.04 bits per heavy atom. The molecule has 0 radical (unpaired) electrons. The van der Waals surface area contributed by atoms with Crippen LogP contribution in [0, 0.1) is 6.92 Å². The fraction of sp³-hybridized carbons (Fsp3) is 0.158. The molecule has 8 heteroatoms. The Kier molecular flexibility index (Phi) is 4.91. The SMILES string of the molecule is Cc1nc2cc(Nc3cc(-c4ccncc4)nc(NCCO)n3)ccc2s1. The summed E-state index contributed by atoms with van der Waals surface area (Å²) < 4.78 is 1.16. The first-order chi connectivity index (χ1) is 13.2. The molecule has 0 atom stereocenters. The molecule has 7 nitrogen and oxygen atoms in total. The minimum absolute atomic E-state index is 0.00541. The van der Waals surface area contributed by atoms with E-state index in [0.29, 0.717) is 18.3 Å². The predicted molar refractivity (Wildman–Crippen MR) is 108 cm³/mol. The smallest absolute Gasteiger partial charge is 0.225 e. The maximum atomic E-state index is 9.07. The first kappa shape index (κ1) is 17.3. The van der Waals surface area contributed by atoms with Crippen molar-refractivity contribution in [3.63, 3.8) is 0 Å². The van der Waals surface area contributed by atoms with Gasteiger partial charge in [0.2, 0.25) is 5.95 Å². The average molecular weight is 378 g/mol. The molecule has 0 saturated carbocycles. The van der Waals surface area contributed by atoms with E-state index in [-0.39, 0.29) is 6.61 Å². The Morgan fingerprint density at radius 2 is 1.89 bits per heavy atom. The van der Waals surface area contributed by atoms with Crippen molar-refractivity contribution < 1.29 is 5.11 Å². The summed E-state index contributed by atoms with van der Waals surface area (Å²) in [5.74, 6) is 1.11. The molecule has 0 spiro atoms. The topological polar surface area (TPSA) is 95.9 Å². The lowest BCUT2D eigenvalue weighted by atomic mass is 10.2. The van der Waals surface area contributed by atoms with Crippen LogP contribution in [0.4, 0.5) is 17.5 Å². The second-order valence-corrected chi connectivity index (χ2v) is 7.12. The number of benzene rings is 1. The third-order valence-corrected chi connectivity index (χ3v) is 4.82. The number of hydrogen-bond donors (Lipinski definition) is 3. The van der Waals surface area contributed by atoms with Crippen molar-refractivity contribution in [1.29, 1.82) is 0 Å². The molecule has 0 aliphatic rings. The lowest BCUT2D eigenvalue weighted by Crippen LogP contribution is -2.10. The zero-order valence-corrected chi connectivity index (χ0v) is 15.5. The number of anilines is 3. The number of nitrogens with one attached hydrogen (secondary N) is 2. The normalized spacial score (nSPS) is 10.9. The summed E-state index contributed by atoms with van der Waals surface area (Å²) in [7, 11) is 0. The van der Waals surface area contributed by atoms with Gasteiger partial charge in [-0.3, -0.25) is 4.98 Å². The number of aliphatic hydroxyl groups excluding tert-OH is 1. The highest BCUT2D eigenvalue weighted by atomic mass is 32.1. The van der Waals surface area contributed by atoms with Gasteiger partial charge in [-0.25, -0.2) is 9.97 Å². The van der Waals surface area contributed by atoms with E-state index in [1.54, 1.807) is 23.7 Å². The zero-order valence-electron chi connectivity index (χ0n) is 14.7. The molecule has 136 valence electrons. The van der Waals surface area contributed by atoms with Crippen LogP contribution in [0.25, 0.3) is 21.5 Å². The van der Waals surface area contributed by atoms with E-state index in [0.717, 1.165) is 32.2 Å². The van der Waals surface area contributed by atoms with Crippen LogP contribution in [-0.4, -0.2) is 38.2 Å². The number of fused-ring (bicyclic) bond motifs is 1. The van der Waals surface area contributed by atoms with E-state index in [4.69, 9.17) is 5.11 Å². The van der Waals surface area contributed by atoms with Crippen molar-refractivity contribution >= 4 is 39.0 Å². The van der Waals surface area contributed by atoms with Crippen molar-refractivity contribution in [3.8, 4) is 11.3 Å². The Balaban J connectivity index is 1.69. The highest BCUT2D eigenvalue weighted by Gasteiger charge is 2.08. The third kappa shape index (κ3) is 4.02. The van der Waals surface area contributed by atoms with Gasteiger partial charge in [0.1, 0.15) is 5.82 Å². The van der Waals surface area contributed by atoms with Gasteiger partial charge < -0.3 is 15.7 Å². The molecule has 0 fully saturated rings. The van der Waals surface area contributed by atoms with E-state index in [2.05, 4.69) is 36.6 Å². The van der Waals surface area contributed by atoms with Gasteiger partial charge in [-0.1, -0.05) is 0 Å². The second kappa shape index (κ2) is 7.65. The third-order valence-electron chi connectivity index (χ3n) is 3.86. The van der Waals surface area contributed by atoms with Crippen molar-refractivity contribution in [1.82, 2.24) is 19.9 Å². The van der Waals surface area contributed by atoms with Gasteiger partial charge in [0.15, 0.2) is 0 Å². The molecule has 27 heavy (non-hydrogen) atoms. The van der Waals surface area contributed by atoms with Crippen LogP contribution in [0.2, 0.25) is 0 Å². The summed E-state index contributed by atoms with van der Waals surface area (Å²) in [6.07, 6.45) is 3.45. The van der Waals surface area contributed by atoms with Gasteiger partial charge >= 0.3 is 0 Å². The number of aryl methyl sites for hydroxylation is 1. The average Bonchev–Trinajstić information content (AvgIpc) is 3.06. The van der Waals surface area contributed by atoms with Crippen molar-refractivity contribution in [2.24, 2.45) is 0 Å². The molecule has 3 heterocycles. The fourth-order valence-corrected chi connectivity index (χ4v) is 3.50. The first-order valence-corrected chi connectivity index (χ1v) is 9.31. The van der Waals surface area contributed by atoms with E-state index in [1.807, 2.05) is 37.3 Å². The monoisotopic (exact) mass is 378 g/mol. The Labute approximate surface area is 160 Å². The van der Waals surface area contributed by atoms with Crippen LogP contribution < -0.4 is 10.6 Å². The molecule has 1 aromatic carbocycles. The maximum Gasteiger partial charge on any atom is 0.225 e. The molecular formula is C19H18N6OS. The second-order valence-electron chi connectivity index (χ2n) is 5.89. The Bertz CT molecular complexity index is 1070. The van der Waals surface area contributed by atoms with Gasteiger partial charge in [-0.15, -0.1) is 11.3 Å². The number of aromatic nitrogens is 4. The van der Waals surface area contributed by atoms with Crippen molar-refractivity contribution in [2.45, 2.75) is 6.92 Å². The molecule has 0 saturated heterocycles. The van der Waals surface area contributed by atoms with Crippen molar-refractivity contribution in [3.05, 3.63) is 53.8 Å². The Hall–Kier alpha value is -3.10. The standard InChI is InChI=1S/C19H18N6OS/c1-12-22-16-10-14(2-3-17(16)27-12)23-18-11-15(13-4-6-20-7-5-13)24-19(25-18)21-8-9-26/h2-7,10-11,26H,8-9H2,1H3,(H2,21,23,24,25). The van der Waals surface area contributed by atoms with Gasteiger partial charge in [-0.05, 0) is 37.3 Å². The quantitative estimate of drug-likeness (QED) is 0.472. The van der Waals surface area contributed by atoms with Crippen LogP contribution in [0.5, 0.6) is 0 Å². The molecule has 3 N–H and O–H groups in total. The summed E-state index contributed by atoms with van der Waals surface area (Å²) in [6.45, 7) is 2.39. The molecule has 0 bridgehead atoms. The molecule has 0 aliphatic carbocycles. The van der Waals surface area contributed by atoms with E-state index in [1.165, 1.54) is 0 Å². The van der Waals surface area contributed by atoms with E-state index in [9.17, 15) is 0 Å². The highest BCUT2D eigenvalue weighted by molar-refractivity contribution is 7.18. The van der Waals surface area contributed by atoms with E-state index < -0.39 is 0 Å². The largest absolute Gasteiger partial charge is 0.395 e. The lowest BCUT2D eigenvalue weighted by Gasteiger charge is -2.11. The summed E-state index contributed by atoms with van der Waals surface area (Å²) in [4.78, 5) is 17.6. The van der Waals surface area contributed by atoms with Gasteiger partial charge in [0.05, 0.1) is 27.5 Å². The van der Waals surface area contributed by atoms with Gasteiger partial charge in [-0.2, -0.15) is 4.98 Å². The van der Waals surface area contributed by atoms with Crippen LogP contribution >= 0.6 is 11.3 Å². The molecule has 0 unspecified atom stereocenters. The van der Waals surface area contributed by atoms with Crippen molar-refractivity contribution in [2.75, 3.05) is 23.8 Å². The van der Waals surface area contributed by atoms with Gasteiger partial charge in [0.25, 0.3) is 0 Å². The Morgan fingerprint density at radius 3 is 2.70 bits per heavy atom. The summed E-state index contributed by atoms with van der Waals surface area (Å²) in [5.41, 5.74) is 3.57. The first-order valence-electron chi connectivity index (χ1n) is 8.50. The molecule has 4 rings (SSSR count). The number of hydrogen-bond acceptors (Lipinski definition) is 8. The predicted octanol–water partition coefficient (Wildman–Crippen LogP) is 3.60. The number of pyridine rings is 1. The minimum Gasteiger partial charge on any atom is -0.395 e. The summed E-state index contributed by atoms with van der Waals surface area (Å²) >= 11 is 1.67. The summed E-state index contributed by atoms with van der Waals surface area (Å²) in [6, 6.07) is 11.7. The van der Waals surface area contributed by atoms with Crippen LogP contribution in [0.1, 0.15) is 5.01 Å².